The molecule has 2 aromatic rings. The van der Waals surface area contributed by atoms with Gasteiger partial charge in [-0.3, -0.25) is 9.59 Å². The van der Waals surface area contributed by atoms with Gasteiger partial charge in [-0.1, -0.05) is 23.7 Å². The summed E-state index contributed by atoms with van der Waals surface area (Å²) in [7, 11) is 0. The highest BCUT2D eigenvalue weighted by atomic mass is 35.5. The Morgan fingerprint density at radius 1 is 1.20 bits per heavy atom. The van der Waals surface area contributed by atoms with Crippen molar-refractivity contribution in [2.75, 3.05) is 11.5 Å². The number of imide groups is 1. The molecule has 0 radical (unpaired) electrons. The number of halogens is 2. The number of rotatable bonds is 4. The lowest BCUT2D eigenvalue weighted by Crippen LogP contribution is -2.27. The highest BCUT2D eigenvalue weighted by molar-refractivity contribution is 8.19. The first kappa shape index (κ1) is 17.5. The normalized spacial score (nSPS) is 16.0. The van der Waals surface area contributed by atoms with Gasteiger partial charge in [0, 0.05) is 0 Å². The fraction of sp³-hybridized carbons (Fsp3) is 0.111. The molecule has 1 fully saturated rings. The topological polar surface area (TPSA) is 46.6 Å². The number of benzene rings is 2. The zero-order chi connectivity index (χ0) is 18.0. The summed E-state index contributed by atoms with van der Waals surface area (Å²) < 4.78 is 18.7. The highest BCUT2D eigenvalue weighted by Gasteiger charge is 2.36. The fourth-order valence-electron chi connectivity index (χ4n) is 2.29. The number of amides is 2. The summed E-state index contributed by atoms with van der Waals surface area (Å²) in [5, 5.41) is -0.600. The molecule has 0 atom stereocenters. The first-order chi connectivity index (χ1) is 12.0. The molecule has 1 aliphatic heterocycles. The lowest BCUT2D eigenvalue weighted by molar-refractivity contribution is -0.113. The maximum Gasteiger partial charge on any atom is 0.298 e. The minimum absolute atomic E-state index is 0.146. The quantitative estimate of drug-likeness (QED) is 0.694. The highest BCUT2D eigenvalue weighted by Crippen LogP contribution is 2.36. The summed E-state index contributed by atoms with van der Waals surface area (Å²) in [6.45, 7) is 2.46. The first-order valence-electron chi connectivity index (χ1n) is 7.45. The van der Waals surface area contributed by atoms with Crippen LogP contribution >= 0.6 is 23.4 Å². The van der Waals surface area contributed by atoms with Crippen LogP contribution in [0.1, 0.15) is 12.5 Å². The van der Waals surface area contributed by atoms with E-state index in [0.717, 1.165) is 34.0 Å². The summed E-state index contributed by atoms with van der Waals surface area (Å²) in [6, 6.07) is 10.9. The van der Waals surface area contributed by atoms with E-state index >= 15 is 0 Å². The van der Waals surface area contributed by atoms with Crippen molar-refractivity contribution in [2.24, 2.45) is 0 Å². The Labute approximate surface area is 153 Å². The summed E-state index contributed by atoms with van der Waals surface area (Å²) in [5.74, 6) is -0.345. The van der Waals surface area contributed by atoms with Crippen molar-refractivity contribution in [3.8, 4) is 5.75 Å². The van der Waals surface area contributed by atoms with E-state index in [1.807, 2.05) is 6.92 Å². The van der Waals surface area contributed by atoms with Gasteiger partial charge >= 0.3 is 0 Å². The SMILES string of the molecule is CCOc1ccc(/C=C2\SC(=O)N(c3ccc(F)c(Cl)c3)C2=O)cc1. The van der Waals surface area contributed by atoms with Gasteiger partial charge in [-0.25, -0.2) is 9.29 Å². The van der Waals surface area contributed by atoms with Crippen LogP contribution in [-0.4, -0.2) is 17.8 Å². The molecule has 0 bridgehead atoms. The number of thioether (sulfide) groups is 1. The van der Waals surface area contributed by atoms with Crippen molar-refractivity contribution in [2.45, 2.75) is 6.92 Å². The summed E-state index contributed by atoms with van der Waals surface area (Å²) >= 11 is 6.56. The third-order valence-corrected chi connectivity index (χ3v) is 4.60. The van der Waals surface area contributed by atoms with Gasteiger partial charge in [0.25, 0.3) is 11.1 Å². The molecule has 2 aromatic carbocycles. The van der Waals surface area contributed by atoms with Crippen molar-refractivity contribution in [1.82, 2.24) is 0 Å². The molecule has 3 rings (SSSR count). The molecule has 1 heterocycles. The third kappa shape index (κ3) is 3.70. The molecule has 1 aliphatic rings. The van der Waals surface area contributed by atoms with Crippen LogP contribution in [0.4, 0.5) is 14.9 Å². The van der Waals surface area contributed by atoms with E-state index in [1.54, 1.807) is 30.3 Å². The van der Waals surface area contributed by atoms with Crippen LogP contribution in [0.5, 0.6) is 5.75 Å². The predicted molar refractivity (Wildman–Crippen MR) is 97.5 cm³/mol. The van der Waals surface area contributed by atoms with Crippen LogP contribution in [0.3, 0.4) is 0 Å². The second-order valence-electron chi connectivity index (χ2n) is 5.12. The van der Waals surface area contributed by atoms with Crippen LogP contribution in [0, 0.1) is 5.82 Å². The van der Waals surface area contributed by atoms with Crippen LogP contribution in [0.15, 0.2) is 47.4 Å². The van der Waals surface area contributed by atoms with Crippen molar-refractivity contribution in [1.29, 1.82) is 0 Å². The summed E-state index contributed by atoms with van der Waals surface area (Å²) in [6.07, 6.45) is 1.63. The molecule has 0 spiro atoms. The van der Waals surface area contributed by atoms with Crippen molar-refractivity contribution in [3.05, 3.63) is 63.8 Å². The zero-order valence-electron chi connectivity index (χ0n) is 13.2. The van der Waals surface area contributed by atoms with Gasteiger partial charge in [0.1, 0.15) is 11.6 Å². The van der Waals surface area contributed by atoms with Gasteiger partial charge in [0.05, 0.1) is 22.2 Å². The molecule has 0 unspecified atom stereocenters. The maximum absolute atomic E-state index is 13.3. The molecule has 1 saturated heterocycles. The number of carbonyl (C=O) groups is 2. The number of carbonyl (C=O) groups excluding carboxylic acids is 2. The Morgan fingerprint density at radius 3 is 2.56 bits per heavy atom. The number of ether oxygens (including phenoxy) is 1. The van der Waals surface area contributed by atoms with Crippen molar-refractivity contribution in [3.63, 3.8) is 0 Å². The van der Waals surface area contributed by atoms with Crippen molar-refractivity contribution >= 4 is 46.3 Å². The number of hydrogen-bond donors (Lipinski definition) is 0. The second-order valence-corrected chi connectivity index (χ2v) is 6.52. The smallest absolute Gasteiger partial charge is 0.298 e. The van der Waals surface area contributed by atoms with Gasteiger partial charge in [0.2, 0.25) is 0 Å². The van der Waals surface area contributed by atoms with E-state index in [2.05, 4.69) is 0 Å². The van der Waals surface area contributed by atoms with Gasteiger partial charge < -0.3 is 4.74 Å². The number of anilines is 1. The standard InChI is InChI=1S/C18H13ClFNO3S/c1-2-24-13-6-3-11(4-7-13)9-16-17(22)21(18(23)25-16)12-5-8-15(20)14(19)10-12/h3-10H,2H2,1H3/b16-9-. The Kier molecular flexibility index (Phi) is 5.11. The monoisotopic (exact) mass is 377 g/mol. The molecule has 128 valence electrons. The first-order valence-corrected chi connectivity index (χ1v) is 8.65. The predicted octanol–water partition coefficient (Wildman–Crippen LogP) is 5.12. The fourth-order valence-corrected chi connectivity index (χ4v) is 3.31. The van der Waals surface area contributed by atoms with Gasteiger partial charge in [-0.2, -0.15) is 0 Å². The largest absolute Gasteiger partial charge is 0.494 e. The third-order valence-electron chi connectivity index (χ3n) is 3.44. The van der Waals surface area contributed by atoms with Crippen LogP contribution in [0.2, 0.25) is 5.02 Å². The molecule has 25 heavy (non-hydrogen) atoms. The van der Waals surface area contributed by atoms with E-state index in [4.69, 9.17) is 16.3 Å². The molecular formula is C18H13ClFNO3S. The van der Waals surface area contributed by atoms with Gasteiger partial charge in [-0.05, 0) is 60.7 Å². The minimum Gasteiger partial charge on any atom is -0.494 e. The van der Waals surface area contributed by atoms with Gasteiger partial charge in [-0.15, -0.1) is 0 Å². The summed E-state index contributed by atoms with van der Waals surface area (Å²) in [4.78, 5) is 26.0. The summed E-state index contributed by atoms with van der Waals surface area (Å²) in [5.41, 5.74) is 1.01. The minimum atomic E-state index is -0.609. The average molecular weight is 378 g/mol. The maximum atomic E-state index is 13.3. The van der Waals surface area contributed by atoms with E-state index in [0.29, 0.717) is 6.61 Å². The Balaban J connectivity index is 1.86. The Morgan fingerprint density at radius 2 is 1.92 bits per heavy atom. The molecule has 0 N–H and O–H groups in total. The zero-order valence-corrected chi connectivity index (χ0v) is 14.7. The molecule has 2 amide bonds. The van der Waals surface area contributed by atoms with Gasteiger partial charge in [0.15, 0.2) is 0 Å². The molecule has 0 aromatic heterocycles. The van der Waals surface area contributed by atoms with E-state index in [-0.39, 0.29) is 15.6 Å². The number of nitrogens with zero attached hydrogens (tertiary/aromatic N) is 1. The molecule has 0 saturated carbocycles. The van der Waals surface area contributed by atoms with E-state index in [1.165, 1.54) is 12.1 Å². The average Bonchev–Trinajstić information content (AvgIpc) is 2.86. The molecule has 0 aliphatic carbocycles. The van der Waals surface area contributed by atoms with Crippen LogP contribution in [-0.2, 0) is 4.79 Å². The molecule has 7 heteroatoms. The lowest BCUT2D eigenvalue weighted by Gasteiger charge is -2.12. The molecular weight excluding hydrogens is 365 g/mol. The Bertz CT molecular complexity index is 867. The molecule has 4 nitrogen and oxygen atoms in total. The second kappa shape index (κ2) is 7.29. The van der Waals surface area contributed by atoms with E-state index < -0.39 is 17.0 Å². The van der Waals surface area contributed by atoms with Crippen molar-refractivity contribution < 1.29 is 18.7 Å². The Hall–Kier alpha value is -2.31. The van der Waals surface area contributed by atoms with Crippen LogP contribution < -0.4 is 9.64 Å². The van der Waals surface area contributed by atoms with E-state index in [9.17, 15) is 14.0 Å². The number of hydrogen-bond acceptors (Lipinski definition) is 4. The van der Waals surface area contributed by atoms with Crippen LogP contribution in [0.25, 0.3) is 6.08 Å². The lowest BCUT2D eigenvalue weighted by atomic mass is 10.2.